The van der Waals surface area contributed by atoms with Crippen LogP contribution in [0.15, 0.2) is 11.6 Å². The molecule has 9 nitrogen and oxygen atoms in total. The van der Waals surface area contributed by atoms with E-state index in [-0.39, 0.29) is 49.0 Å². The topological polar surface area (TPSA) is 123 Å². The molecule has 0 aromatic heterocycles. The van der Waals surface area contributed by atoms with E-state index in [1.165, 1.54) is 0 Å². The smallest absolute Gasteiger partial charge is 0.306 e. The highest BCUT2D eigenvalue weighted by Gasteiger charge is 2.89. The molecule has 0 radical (unpaired) electrons. The van der Waals surface area contributed by atoms with Crippen LogP contribution in [-0.4, -0.2) is 82.2 Å². The van der Waals surface area contributed by atoms with Gasteiger partial charge in [-0.25, -0.2) is 4.90 Å². The molecule has 5 saturated heterocycles. The van der Waals surface area contributed by atoms with Gasteiger partial charge in [0.15, 0.2) is 11.5 Å². The highest BCUT2D eigenvalue weighted by Crippen LogP contribution is 2.80. The molecule has 5 aliphatic heterocycles. The standard InChI is InChI=1S/C30H39NO8/c1-14-7-17-21(18(32)8-14)16(3)23(35)24-27(10-20(33)37-12-27)26(4)5-6-28-9-15(2)22(34)19(39-28)11-31(28)30(26)25(36)29(17,24)13-38-30/h8,15-17,19,21-22,24-25,34,36H,5-7,9-13H2,1-4H3/t15-,16-,17-,19+,21+,22-,24-,25-,26+,27-,28?,29+,30-/m1/s1. The van der Waals surface area contributed by atoms with Gasteiger partial charge >= 0.3 is 5.97 Å². The fourth-order valence-electron chi connectivity index (χ4n) is 11.6. The molecular formula is C30H39NO8. The predicted octanol–water partition coefficient (Wildman–Crippen LogP) is 1.59. The number of cyclic esters (lactones) is 1. The molecule has 212 valence electrons. The lowest BCUT2D eigenvalue weighted by molar-refractivity contribution is -0.365. The van der Waals surface area contributed by atoms with E-state index in [9.17, 15) is 24.6 Å². The van der Waals surface area contributed by atoms with Gasteiger partial charge in [-0.1, -0.05) is 26.3 Å². The van der Waals surface area contributed by atoms with Crippen molar-refractivity contribution in [2.75, 3.05) is 19.8 Å². The minimum atomic E-state index is -1.24. The molecule has 8 rings (SSSR count). The molecule has 3 aliphatic carbocycles. The van der Waals surface area contributed by atoms with E-state index in [4.69, 9.17) is 14.2 Å². The quantitative estimate of drug-likeness (QED) is 0.440. The van der Waals surface area contributed by atoms with Gasteiger partial charge in [0, 0.05) is 40.5 Å². The first-order chi connectivity index (χ1) is 18.4. The third-order valence-corrected chi connectivity index (χ3v) is 13.3. The zero-order valence-corrected chi connectivity index (χ0v) is 23.1. The van der Waals surface area contributed by atoms with Crippen molar-refractivity contribution in [2.45, 2.75) is 89.6 Å². The molecule has 0 aromatic carbocycles. The fraction of sp³-hybridized carbons (Fsp3) is 0.833. The lowest BCUT2D eigenvalue weighted by atomic mass is 9.33. The summed E-state index contributed by atoms with van der Waals surface area (Å²) in [6.45, 7) is 8.58. The average Bonchev–Trinajstić information content (AvgIpc) is 3.51. The van der Waals surface area contributed by atoms with Gasteiger partial charge in [-0.05, 0) is 50.5 Å². The van der Waals surface area contributed by atoms with E-state index in [0.717, 1.165) is 5.57 Å². The summed E-state index contributed by atoms with van der Waals surface area (Å²) >= 11 is 0. The van der Waals surface area contributed by atoms with Crippen molar-refractivity contribution in [1.82, 2.24) is 4.90 Å². The molecule has 13 atom stereocenters. The number of carbonyl (C=O) groups excluding carboxylic acids is 3. The Morgan fingerprint density at radius 2 is 1.87 bits per heavy atom. The number of ether oxygens (including phenoxy) is 3. The summed E-state index contributed by atoms with van der Waals surface area (Å²) in [5.74, 6) is -2.39. The lowest BCUT2D eigenvalue weighted by Crippen LogP contribution is -2.83. The molecule has 0 amide bonds. The molecule has 2 saturated carbocycles. The van der Waals surface area contributed by atoms with Gasteiger partial charge in [0.2, 0.25) is 0 Å². The number of hydrogen-bond donors (Lipinski definition) is 2. The van der Waals surface area contributed by atoms with Crippen LogP contribution in [0, 0.1) is 45.8 Å². The Morgan fingerprint density at radius 1 is 1.10 bits per heavy atom. The summed E-state index contributed by atoms with van der Waals surface area (Å²) < 4.78 is 19.4. The first kappa shape index (κ1) is 25.1. The normalized spacial score (nSPS) is 59.4. The van der Waals surface area contributed by atoms with Crippen LogP contribution in [0.3, 0.4) is 0 Å². The number of aliphatic hydroxyl groups is 2. The Balaban J connectivity index is 1.39. The summed E-state index contributed by atoms with van der Waals surface area (Å²) in [7, 11) is 0. The number of carbonyl (C=O) groups is 3. The second-order valence-corrected chi connectivity index (χ2v) is 14.6. The van der Waals surface area contributed by atoms with Gasteiger partial charge in [-0.3, -0.25) is 14.4 Å². The zero-order valence-electron chi connectivity index (χ0n) is 23.1. The number of ketones is 2. The van der Waals surface area contributed by atoms with Crippen LogP contribution in [0.25, 0.3) is 0 Å². The number of nitrogens with zero attached hydrogens (tertiary/aromatic N) is 1. The van der Waals surface area contributed by atoms with Crippen molar-refractivity contribution in [3.63, 3.8) is 0 Å². The van der Waals surface area contributed by atoms with Gasteiger partial charge in [-0.2, -0.15) is 0 Å². The number of Topliss-reactive ketones (excluding diaryl/α,β-unsaturated/α-hetero) is 1. The van der Waals surface area contributed by atoms with Crippen LogP contribution in [0.5, 0.6) is 0 Å². The molecule has 7 fully saturated rings. The Hall–Kier alpha value is -1.65. The molecular weight excluding hydrogens is 502 g/mol. The Bertz CT molecular complexity index is 1250. The molecule has 2 N–H and O–H groups in total. The highest BCUT2D eigenvalue weighted by molar-refractivity contribution is 6.00. The summed E-state index contributed by atoms with van der Waals surface area (Å²) in [6, 6.07) is 0. The SMILES string of the molecule is CC1=CC(=O)[C@@H]2[C@@H](C1)[C@]13CO[C@@]4([C@@H]1O)N1C[C@@H]5OC1(CC[C@@]4(C)[C@]1(COC(=O)C1)[C@H]3C(=O)[C@@H]2C)C[C@@H](C)[C@H]5O. The molecule has 9 heteroatoms. The summed E-state index contributed by atoms with van der Waals surface area (Å²) in [4.78, 5) is 43.2. The number of rotatable bonds is 0. The number of aliphatic hydroxyl groups excluding tert-OH is 2. The summed E-state index contributed by atoms with van der Waals surface area (Å²) in [5, 5.41) is 23.9. The van der Waals surface area contributed by atoms with Crippen molar-refractivity contribution < 1.29 is 38.8 Å². The average molecular weight is 542 g/mol. The van der Waals surface area contributed by atoms with E-state index in [0.29, 0.717) is 32.2 Å². The number of hydrogen-bond acceptors (Lipinski definition) is 9. The fourth-order valence-corrected chi connectivity index (χ4v) is 11.6. The van der Waals surface area contributed by atoms with E-state index in [1.807, 2.05) is 20.8 Å². The van der Waals surface area contributed by atoms with Crippen LogP contribution in [0.4, 0.5) is 0 Å². The Labute approximate surface area is 228 Å². The van der Waals surface area contributed by atoms with Crippen LogP contribution >= 0.6 is 0 Å². The Morgan fingerprint density at radius 3 is 2.59 bits per heavy atom. The minimum absolute atomic E-state index is 0.0222. The van der Waals surface area contributed by atoms with Crippen molar-refractivity contribution in [2.24, 2.45) is 45.8 Å². The largest absolute Gasteiger partial charge is 0.465 e. The van der Waals surface area contributed by atoms with Crippen molar-refractivity contribution in [3.05, 3.63) is 11.6 Å². The van der Waals surface area contributed by atoms with Gasteiger partial charge in [0.05, 0.1) is 31.8 Å². The molecule has 1 unspecified atom stereocenters. The second kappa shape index (κ2) is 7.21. The second-order valence-electron chi connectivity index (χ2n) is 14.6. The summed E-state index contributed by atoms with van der Waals surface area (Å²) in [6.07, 6.45) is 2.11. The maximum absolute atomic E-state index is 14.6. The number of allylic oxidation sites excluding steroid dienone is 2. The number of fused-ring (bicyclic) bond motifs is 4. The maximum Gasteiger partial charge on any atom is 0.306 e. The van der Waals surface area contributed by atoms with Crippen molar-refractivity contribution in [1.29, 1.82) is 0 Å². The van der Waals surface area contributed by atoms with Gasteiger partial charge in [-0.15, -0.1) is 0 Å². The van der Waals surface area contributed by atoms with E-state index >= 15 is 0 Å². The first-order valence-electron chi connectivity index (χ1n) is 14.7. The van der Waals surface area contributed by atoms with Crippen LogP contribution in [0.1, 0.15) is 59.8 Å². The molecule has 4 bridgehead atoms. The van der Waals surface area contributed by atoms with Crippen LogP contribution in [0.2, 0.25) is 0 Å². The van der Waals surface area contributed by atoms with Gasteiger partial charge < -0.3 is 24.4 Å². The minimum Gasteiger partial charge on any atom is -0.465 e. The monoisotopic (exact) mass is 541 g/mol. The third-order valence-electron chi connectivity index (χ3n) is 13.3. The zero-order chi connectivity index (χ0) is 27.5. The van der Waals surface area contributed by atoms with Crippen LogP contribution < -0.4 is 0 Å². The predicted molar refractivity (Wildman–Crippen MR) is 135 cm³/mol. The first-order valence-corrected chi connectivity index (χ1v) is 14.7. The van der Waals surface area contributed by atoms with Crippen molar-refractivity contribution >= 4 is 17.5 Å². The Kier molecular flexibility index (Phi) is 4.64. The van der Waals surface area contributed by atoms with Gasteiger partial charge in [0.25, 0.3) is 0 Å². The maximum atomic E-state index is 14.6. The van der Waals surface area contributed by atoms with E-state index in [1.54, 1.807) is 6.08 Å². The molecule has 39 heavy (non-hydrogen) atoms. The third kappa shape index (κ3) is 2.41. The van der Waals surface area contributed by atoms with Crippen LogP contribution in [-0.2, 0) is 28.6 Å². The number of esters is 1. The molecule has 8 aliphatic rings. The van der Waals surface area contributed by atoms with Gasteiger partial charge in [0.1, 0.15) is 17.6 Å². The van der Waals surface area contributed by atoms with Crippen molar-refractivity contribution in [3.8, 4) is 0 Å². The number of piperidine rings is 1. The molecule has 5 heterocycles. The molecule has 4 spiro atoms. The van der Waals surface area contributed by atoms with E-state index < -0.39 is 63.8 Å². The molecule has 0 aromatic rings. The highest BCUT2D eigenvalue weighted by atomic mass is 16.6. The van der Waals surface area contributed by atoms with E-state index in [2.05, 4.69) is 11.8 Å². The lowest BCUT2D eigenvalue weighted by Gasteiger charge is -2.72. The summed E-state index contributed by atoms with van der Waals surface area (Å²) in [5.41, 5.74) is -3.71.